The number of thiophene rings is 1. The number of aromatic nitrogens is 2. The Morgan fingerprint density at radius 3 is 3.08 bits per heavy atom. The van der Waals surface area contributed by atoms with Crippen molar-refractivity contribution in [3.8, 4) is 0 Å². The number of aryl methyl sites for hydroxylation is 1. The first-order valence-electron chi connectivity index (χ1n) is 8.18. The van der Waals surface area contributed by atoms with Crippen molar-refractivity contribution in [1.82, 2.24) is 14.7 Å². The van der Waals surface area contributed by atoms with E-state index in [4.69, 9.17) is 4.74 Å². The van der Waals surface area contributed by atoms with Crippen molar-refractivity contribution in [3.05, 3.63) is 53.0 Å². The van der Waals surface area contributed by atoms with Crippen LogP contribution in [-0.2, 0) is 29.4 Å². The van der Waals surface area contributed by atoms with E-state index in [2.05, 4.69) is 11.7 Å². The maximum atomic E-state index is 12.8. The van der Waals surface area contributed by atoms with E-state index in [9.17, 15) is 4.79 Å². The molecule has 0 saturated carbocycles. The van der Waals surface area contributed by atoms with Crippen molar-refractivity contribution in [3.63, 3.8) is 0 Å². The number of carbonyl (C=O) groups is 1. The molecule has 24 heavy (non-hydrogen) atoms. The van der Waals surface area contributed by atoms with Gasteiger partial charge in [-0.15, -0.1) is 6.58 Å². The number of ether oxygens (including phenoxy) is 1. The van der Waals surface area contributed by atoms with Gasteiger partial charge in [-0.1, -0.05) is 6.08 Å². The maximum Gasteiger partial charge on any atom is 0.227 e. The zero-order valence-electron chi connectivity index (χ0n) is 13.9. The Balaban J connectivity index is 1.72. The van der Waals surface area contributed by atoms with Gasteiger partial charge in [-0.2, -0.15) is 16.4 Å². The second kappa shape index (κ2) is 7.77. The molecule has 2 aromatic rings. The third-order valence-corrected chi connectivity index (χ3v) is 5.10. The molecule has 1 fully saturated rings. The van der Waals surface area contributed by atoms with Crippen molar-refractivity contribution >= 4 is 17.2 Å². The second-order valence-electron chi connectivity index (χ2n) is 6.14. The molecule has 2 atom stereocenters. The summed E-state index contributed by atoms with van der Waals surface area (Å²) in [6, 6.07) is 2.07. The molecule has 0 aromatic carbocycles. The van der Waals surface area contributed by atoms with E-state index in [-0.39, 0.29) is 18.1 Å². The van der Waals surface area contributed by atoms with E-state index in [1.54, 1.807) is 22.1 Å². The van der Waals surface area contributed by atoms with E-state index < -0.39 is 0 Å². The molecule has 1 amide bonds. The molecular weight excluding hydrogens is 322 g/mol. The molecule has 3 rings (SSSR count). The van der Waals surface area contributed by atoms with Crippen LogP contribution in [0.15, 0.2) is 41.9 Å². The number of carbonyl (C=O) groups excluding carboxylic acids is 1. The fourth-order valence-corrected chi connectivity index (χ4v) is 3.92. The normalized spacial score (nSPS) is 20.5. The summed E-state index contributed by atoms with van der Waals surface area (Å²) in [4.78, 5) is 14.8. The summed E-state index contributed by atoms with van der Waals surface area (Å²) in [7, 11) is 1.91. The number of rotatable bonds is 7. The van der Waals surface area contributed by atoms with Crippen LogP contribution in [0.1, 0.15) is 17.5 Å². The van der Waals surface area contributed by atoms with Crippen LogP contribution >= 0.6 is 11.3 Å². The molecule has 1 aliphatic heterocycles. The molecule has 0 bridgehead atoms. The molecule has 0 radical (unpaired) electrons. The van der Waals surface area contributed by atoms with Crippen LogP contribution in [0, 0.1) is 0 Å². The molecule has 0 N–H and O–H groups in total. The third-order valence-electron chi connectivity index (χ3n) is 4.37. The zero-order chi connectivity index (χ0) is 16.9. The lowest BCUT2D eigenvalue weighted by Crippen LogP contribution is -2.42. The Kier molecular flexibility index (Phi) is 5.48. The van der Waals surface area contributed by atoms with Crippen molar-refractivity contribution in [2.45, 2.75) is 31.4 Å². The molecule has 6 heteroatoms. The smallest absolute Gasteiger partial charge is 0.227 e. The number of amides is 1. The van der Waals surface area contributed by atoms with Crippen LogP contribution in [0.4, 0.5) is 0 Å². The Morgan fingerprint density at radius 2 is 2.42 bits per heavy atom. The van der Waals surface area contributed by atoms with Gasteiger partial charge >= 0.3 is 0 Å². The van der Waals surface area contributed by atoms with Crippen LogP contribution in [0.5, 0.6) is 0 Å². The summed E-state index contributed by atoms with van der Waals surface area (Å²) in [6.45, 7) is 4.98. The highest BCUT2D eigenvalue weighted by Crippen LogP contribution is 2.25. The summed E-state index contributed by atoms with van der Waals surface area (Å²) in [5, 5.41) is 8.28. The van der Waals surface area contributed by atoms with Gasteiger partial charge in [0.05, 0.1) is 31.4 Å². The van der Waals surface area contributed by atoms with E-state index in [1.165, 1.54) is 0 Å². The maximum absolute atomic E-state index is 12.8. The van der Waals surface area contributed by atoms with E-state index in [0.29, 0.717) is 13.0 Å². The van der Waals surface area contributed by atoms with E-state index in [1.807, 2.05) is 41.2 Å². The molecule has 0 unspecified atom stereocenters. The minimum absolute atomic E-state index is 0.0506. The molecule has 0 spiro atoms. The fraction of sp³-hybridized carbons (Fsp3) is 0.444. The fourth-order valence-electron chi connectivity index (χ4n) is 3.25. The molecule has 128 valence electrons. The van der Waals surface area contributed by atoms with Gasteiger partial charge in [-0.3, -0.25) is 9.48 Å². The topological polar surface area (TPSA) is 47.4 Å². The third kappa shape index (κ3) is 3.94. The van der Waals surface area contributed by atoms with E-state index in [0.717, 1.165) is 30.5 Å². The SMILES string of the molecule is C=CCO[C@@H]1CCN(C(=O)Cc2ccsc2)[C@@H]1Cc1cnn(C)c1. The van der Waals surface area contributed by atoms with Gasteiger partial charge in [-0.05, 0) is 40.8 Å². The largest absolute Gasteiger partial charge is 0.372 e. The average molecular weight is 345 g/mol. The number of hydrogen-bond acceptors (Lipinski definition) is 4. The van der Waals surface area contributed by atoms with Gasteiger partial charge in [0.1, 0.15) is 0 Å². The van der Waals surface area contributed by atoms with Crippen LogP contribution < -0.4 is 0 Å². The van der Waals surface area contributed by atoms with Gasteiger partial charge in [0, 0.05) is 19.8 Å². The molecule has 3 heterocycles. The lowest BCUT2D eigenvalue weighted by Gasteiger charge is -2.28. The van der Waals surface area contributed by atoms with Gasteiger partial charge in [-0.25, -0.2) is 0 Å². The predicted octanol–water partition coefficient (Wildman–Crippen LogP) is 2.44. The molecule has 1 aliphatic rings. The second-order valence-corrected chi connectivity index (χ2v) is 6.92. The first kappa shape index (κ1) is 16.9. The Bertz CT molecular complexity index is 680. The highest BCUT2D eigenvalue weighted by Gasteiger charge is 2.37. The van der Waals surface area contributed by atoms with Crippen molar-refractivity contribution in [1.29, 1.82) is 0 Å². The first-order chi connectivity index (χ1) is 11.7. The molecule has 5 nitrogen and oxygen atoms in total. The van der Waals surface area contributed by atoms with Crippen molar-refractivity contribution < 1.29 is 9.53 Å². The summed E-state index contributed by atoms with van der Waals surface area (Å²) >= 11 is 1.62. The number of hydrogen-bond donors (Lipinski definition) is 0. The van der Waals surface area contributed by atoms with Crippen molar-refractivity contribution in [2.24, 2.45) is 7.05 Å². The van der Waals surface area contributed by atoms with Crippen molar-refractivity contribution in [2.75, 3.05) is 13.2 Å². The van der Waals surface area contributed by atoms with Crippen LogP contribution in [0.3, 0.4) is 0 Å². The predicted molar refractivity (Wildman–Crippen MR) is 95.0 cm³/mol. The average Bonchev–Trinajstić information content (AvgIpc) is 3.28. The van der Waals surface area contributed by atoms with Crippen LogP contribution in [-0.4, -0.2) is 45.9 Å². The quantitative estimate of drug-likeness (QED) is 0.724. The summed E-state index contributed by atoms with van der Waals surface area (Å²) in [6.07, 6.45) is 7.78. The minimum Gasteiger partial charge on any atom is -0.372 e. The summed E-state index contributed by atoms with van der Waals surface area (Å²) < 4.78 is 7.72. The highest BCUT2D eigenvalue weighted by molar-refractivity contribution is 7.07. The zero-order valence-corrected chi connectivity index (χ0v) is 14.7. The van der Waals surface area contributed by atoms with Gasteiger partial charge in [0.2, 0.25) is 5.91 Å². The Morgan fingerprint density at radius 1 is 1.54 bits per heavy atom. The summed E-state index contributed by atoms with van der Waals surface area (Å²) in [5.74, 6) is 0.173. The Hall–Kier alpha value is -1.92. The Labute approximate surface area is 146 Å². The van der Waals surface area contributed by atoms with Crippen LogP contribution in [0.25, 0.3) is 0 Å². The van der Waals surface area contributed by atoms with Gasteiger partial charge in [0.25, 0.3) is 0 Å². The molecule has 0 aliphatic carbocycles. The van der Waals surface area contributed by atoms with Crippen LogP contribution in [0.2, 0.25) is 0 Å². The monoisotopic (exact) mass is 345 g/mol. The summed E-state index contributed by atoms with van der Waals surface area (Å²) in [5.41, 5.74) is 2.21. The standard InChI is InChI=1S/C18H23N3O2S/c1-3-7-23-17-4-6-21(18(22)10-14-5-8-24-13-14)16(17)9-15-11-19-20(2)12-15/h3,5,8,11-13,16-17H,1,4,6-7,9-10H2,2H3/t16-,17-/m1/s1. The lowest BCUT2D eigenvalue weighted by atomic mass is 10.0. The van der Waals surface area contributed by atoms with Gasteiger partial charge in [0.15, 0.2) is 0 Å². The number of likely N-dealkylation sites (tertiary alicyclic amines) is 1. The highest BCUT2D eigenvalue weighted by atomic mass is 32.1. The molecule has 1 saturated heterocycles. The van der Waals surface area contributed by atoms with E-state index >= 15 is 0 Å². The lowest BCUT2D eigenvalue weighted by molar-refractivity contribution is -0.132. The first-order valence-corrected chi connectivity index (χ1v) is 9.12. The molecule has 2 aromatic heterocycles. The molecular formula is C18H23N3O2S. The minimum atomic E-state index is 0.0506. The number of nitrogens with zero attached hydrogens (tertiary/aromatic N) is 3. The van der Waals surface area contributed by atoms with Gasteiger partial charge < -0.3 is 9.64 Å².